The third-order valence-corrected chi connectivity index (χ3v) is 1.76. The van der Waals surface area contributed by atoms with Crippen LogP contribution in [0.25, 0.3) is 0 Å². The number of nitrogens with two attached hydrogens (primary N) is 2. The maximum Gasteiger partial charge on any atom is 0.320 e. The number of halogens is 4. The molecule has 0 amide bonds. The standard InChI is InChI=1S/C8H15F2N3O2.2ClH/c9-6(10)7(12)13-4-2-1-3-5(11)8(14)15;;/h5-6H,1-4,11H2,(H2,12,13)(H,14,15);2*1H/t5-;;/m0../s1. The molecule has 0 saturated carbocycles. The minimum Gasteiger partial charge on any atom is -0.480 e. The molecular formula is C8H17Cl2F2N3O2. The third kappa shape index (κ3) is 11.6. The minimum absolute atomic E-state index is 0. The summed E-state index contributed by atoms with van der Waals surface area (Å²) in [5.41, 5.74) is 10.1. The molecule has 0 aromatic carbocycles. The lowest BCUT2D eigenvalue weighted by Gasteiger charge is -2.04. The first kappa shape index (κ1) is 21.6. The van der Waals surface area contributed by atoms with Crippen LogP contribution in [0, 0.1) is 0 Å². The van der Waals surface area contributed by atoms with Crippen LogP contribution in [0.1, 0.15) is 19.3 Å². The zero-order valence-corrected chi connectivity index (χ0v) is 10.6. The van der Waals surface area contributed by atoms with E-state index in [1.54, 1.807) is 0 Å². The highest BCUT2D eigenvalue weighted by Gasteiger charge is 2.10. The van der Waals surface area contributed by atoms with Gasteiger partial charge < -0.3 is 16.6 Å². The predicted molar refractivity (Wildman–Crippen MR) is 66.5 cm³/mol. The number of carboxylic acids is 1. The van der Waals surface area contributed by atoms with Gasteiger partial charge in [-0.15, -0.1) is 24.8 Å². The first-order chi connectivity index (χ1) is 6.95. The largest absolute Gasteiger partial charge is 0.480 e. The van der Waals surface area contributed by atoms with Gasteiger partial charge in [0.25, 0.3) is 6.43 Å². The number of alkyl halides is 2. The second-order valence-electron chi connectivity index (χ2n) is 3.05. The van der Waals surface area contributed by atoms with Gasteiger partial charge in [0.05, 0.1) is 0 Å². The average Bonchev–Trinajstić information content (AvgIpc) is 2.16. The SMILES string of the molecule is Cl.Cl.NC(=NCCCC[C@H](N)C(=O)O)C(F)F. The van der Waals surface area contributed by atoms with Gasteiger partial charge in [0.2, 0.25) is 0 Å². The summed E-state index contributed by atoms with van der Waals surface area (Å²) >= 11 is 0. The molecule has 1 atom stereocenters. The van der Waals surface area contributed by atoms with Crippen molar-refractivity contribution in [2.45, 2.75) is 31.7 Å². The highest BCUT2D eigenvalue weighted by Crippen LogP contribution is 2.00. The molecule has 104 valence electrons. The smallest absolute Gasteiger partial charge is 0.320 e. The van der Waals surface area contributed by atoms with Gasteiger partial charge in [0, 0.05) is 6.54 Å². The molecule has 0 aliphatic rings. The van der Waals surface area contributed by atoms with E-state index in [9.17, 15) is 13.6 Å². The van der Waals surface area contributed by atoms with Crippen LogP contribution in [-0.4, -0.2) is 35.9 Å². The lowest BCUT2D eigenvalue weighted by Crippen LogP contribution is -2.29. The number of hydrogen-bond donors (Lipinski definition) is 3. The second kappa shape index (κ2) is 11.8. The van der Waals surface area contributed by atoms with Crippen LogP contribution in [0.3, 0.4) is 0 Å². The fourth-order valence-electron chi connectivity index (χ4n) is 0.877. The number of nitrogens with zero attached hydrogens (tertiary/aromatic N) is 1. The Hall–Kier alpha value is -0.660. The third-order valence-electron chi connectivity index (χ3n) is 1.76. The Balaban J connectivity index is -0.000000980. The highest BCUT2D eigenvalue weighted by atomic mass is 35.5. The quantitative estimate of drug-likeness (QED) is 0.371. The molecule has 0 heterocycles. The summed E-state index contributed by atoms with van der Waals surface area (Å²) in [5.74, 6) is -1.75. The molecule has 5 nitrogen and oxygen atoms in total. The van der Waals surface area contributed by atoms with Crippen molar-refractivity contribution in [3.63, 3.8) is 0 Å². The van der Waals surface area contributed by atoms with Crippen molar-refractivity contribution >= 4 is 36.6 Å². The van der Waals surface area contributed by atoms with Crippen molar-refractivity contribution in [1.82, 2.24) is 0 Å². The lowest BCUT2D eigenvalue weighted by atomic mass is 10.1. The maximum atomic E-state index is 11.8. The monoisotopic (exact) mass is 295 g/mol. The summed E-state index contributed by atoms with van der Waals surface area (Å²) in [6, 6.07) is -0.901. The normalized spacial score (nSPS) is 12.6. The summed E-state index contributed by atoms with van der Waals surface area (Å²) in [4.78, 5) is 13.7. The van der Waals surface area contributed by atoms with Gasteiger partial charge in [-0.25, -0.2) is 8.78 Å². The molecule has 0 fully saturated rings. The van der Waals surface area contributed by atoms with Crippen LogP contribution in [0.2, 0.25) is 0 Å². The van der Waals surface area contributed by atoms with E-state index in [1.165, 1.54) is 0 Å². The van der Waals surface area contributed by atoms with Gasteiger partial charge in [-0.2, -0.15) is 0 Å². The molecule has 0 aromatic rings. The lowest BCUT2D eigenvalue weighted by molar-refractivity contribution is -0.138. The fraction of sp³-hybridized carbons (Fsp3) is 0.750. The maximum absolute atomic E-state index is 11.8. The molecule has 0 unspecified atom stereocenters. The number of carboxylic acid groups (broad SMARTS) is 1. The first-order valence-electron chi connectivity index (χ1n) is 4.51. The Morgan fingerprint density at radius 1 is 1.29 bits per heavy atom. The molecule has 17 heavy (non-hydrogen) atoms. The number of aliphatic imine (C=N–C) groups is 1. The summed E-state index contributed by atoms with van der Waals surface area (Å²) in [7, 11) is 0. The number of hydrogen-bond acceptors (Lipinski definition) is 3. The van der Waals surface area contributed by atoms with Crippen molar-refractivity contribution in [2.75, 3.05) is 6.54 Å². The van der Waals surface area contributed by atoms with Crippen LogP contribution in [0.4, 0.5) is 8.78 Å². The van der Waals surface area contributed by atoms with Gasteiger partial charge in [0.1, 0.15) is 6.04 Å². The molecule has 0 saturated heterocycles. The van der Waals surface area contributed by atoms with Crippen molar-refractivity contribution in [3.05, 3.63) is 0 Å². The molecule has 9 heteroatoms. The van der Waals surface area contributed by atoms with E-state index >= 15 is 0 Å². The topological polar surface area (TPSA) is 102 Å². The summed E-state index contributed by atoms with van der Waals surface area (Å²) in [5, 5.41) is 8.43. The molecule has 5 N–H and O–H groups in total. The van der Waals surface area contributed by atoms with Crippen LogP contribution in [-0.2, 0) is 4.79 Å². The number of unbranched alkanes of at least 4 members (excludes halogenated alkanes) is 1. The average molecular weight is 296 g/mol. The van der Waals surface area contributed by atoms with Crippen molar-refractivity contribution < 1.29 is 18.7 Å². The number of rotatable bonds is 7. The number of aliphatic carboxylic acids is 1. The van der Waals surface area contributed by atoms with E-state index in [1.807, 2.05) is 0 Å². The Morgan fingerprint density at radius 2 is 1.82 bits per heavy atom. The van der Waals surface area contributed by atoms with E-state index in [0.29, 0.717) is 19.3 Å². The summed E-state index contributed by atoms with van der Waals surface area (Å²) < 4.78 is 23.6. The summed E-state index contributed by atoms with van der Waals surface area (Å²) in [6.07, 6.45) is -1.41. The van der Waals surface area contributed by atoms with Gasteiger partial charge >= 0.3 is 5.97 Å². The number of amidine groups is 1. The molecule has 0 bridgehead atoms. The second-order valence-corrected chi connectivity index (χ2v) is 3.05. The fourth-order valence-corrected chi connectivity index (χ4v) is 0.877. The Labute approximate surface area is 110 Å². The molecule has 0 aliphatic heterocycles. The Bertz CT molecular complexity index is 243. The Kier molecular flexibility index (Phi) is 15.0. The van der Waals surface area contributed by atoms with Crippen LogP contribution < -0.4 is 11.5 Å². The van der Waals surface area contributed by atoms with Gasteiger partial charge in [0.15, 0.2) is 5.84 Å². The first-order valence-corrected chi connectivity index (χ1v) is 4.51. The van der Waals surface area contributed by atoms with Crippen molar-refractivity contribution in [3.8, 4) is 0 Å². The molecule has 0 radical (unpaired) electrons. The van der Waals surface area contributed by atoms with E-state index in [2.05, 4.69) is 4.99 Å². The van der Waals surface area contributed by atoms with Crippen LogP contribution >= 0.6 is 24.8 Å². The van der Waals surface area contributed by atoms with E-state index < -0.39 is 24.3 Å². The van der Waals surface area contributed by atoms with Crippen LogP contribution in [0.5, 0.6) is 0 Å². The molecule has 0 spiro atoms. The van der Waals surface area contributed by atoms with Gasteiger partial charge in [-0.1, -0.05) is 0 Å². The highest BCUT2D eigenvalue weighted by molar-refractivity contribution is 5.85. The molecule has 0 rings (SSSR count). The predicted octanol–water partition coefficient (Wildman–Crippen LogP) is 1.03. The van der Waals surface area contributed by atoms with Crippen molar-refractivity contribution in [2.24, 2.45) is 16.5 Å². The summed E-state index contributed by atoms with van der Waals surface area (Å²) in [6.45, 7) is 0.169. The Morgan fingerprint density at radius 3 is 2.24 bits per heavy atom. The van der Waals surface area contributed by atoms with Gasteiger partial charge in [-0.05, 0) is 19.3 Å². The van der Waals surface area contributed by atoms with Crippen molar-refractivity contribution in [1.29, 1.82) is 0 Å². The van der Waals surface area contributed by atoms with Gasteiger partial charge in [-0.3, -0.25) is 9.79 Å². The molecule has 0 aliphatic carbocycles. The zero-order chi connectivity index (χ0) is 11.8. The minimum atomic E-state index is -2.73. The van der Waals surface area contributed by atoms with E-state index in [0.717, 1.165) is 0 Å². The zero-order valence-electron chi connectivity index (χ0n) is 9.01. The van der Waals surface area contributed by atoms with Crippen LogP contribution in [0.15, 0.2) is 4.99 Å². The number of carbonyl (C=O) groups is 1. The van der Waals surface area contributed by atoms with E-state index in [4.69, 9.17) is 16.6 Å². The molecular weight excluding hydrogens is 279 g/mol. The molecule has 0 aromatic heterocycles. The van der Waals surface area contributed by atoms with E-state index in [-0.39, 0.29) is 31.4 Å².